The molecule has 7 nitrogen and oxygen atoms in total. The van der Waals surface area contributed by atoms with Crippen molar-refractivity contribution in [2.75, 3.05) is 12.4 Å². The van der Waals surface area contributed by atoms with E-state index in [1.165, 1.54) is 31.4 Å². The van der Waals surface area contributed by atoms with Crippen LogP contribution in [0.3, 0.4) is 0 Å². The van der Waals surface area contributed by atoms with Crippen LogP contribution in [0.2, 0.25) is 0 Å². The molecule has 8 heteroatoms. The van der Waals surface area contributed by atoms with Crippen LogP contribution in [0.4, 0.5) is 14.9 Å². The molecule has 1 aliphatic rings. The summed E-state index contributed by atoms with van der Waals surface area (Å²) in [7, 11) is 1.53. The molecule has 0 fully saturated rings. The first kappa shape index (κ1) is 21.0. The van der Waals surface area contributed by atoms with Crippen LogP contribution in [-0.4, -0.2) is 24.0 Å². The summed E-state index contributed by atoms with van der Waals surface area (Å²) >= 11 is 0. The van der Waals surface area contributed by atoms with Gasteiger partial charge in [0.25, 0.3) is 5.91 Å². The third kappa shape index (κ3) is 4.29. The van der Waals surface area contributed by atoms with Crippen molar-refractivity contribution in [2.24, 2.45) is 0 Å². The fourth-order valence-electron chi connectivity index (χ4n) is 3.64. The van der Waals surface area contributed by atoms with Crippen LogP contribution >= 0.6 is 0 Å². The molecule has 1 atom stereocenters. The minimum Gasteiger partial charge on any atom is -0.496 e. The van der Waals surface area contributed by atoms with Gasteiger partial charge in [-0.3, -0.25) is 9.78 Å². The molecule has 3 amide bonds. The van der Waals surface area contributed by atoms with Crippen LogP contribution in [-0.2, 0) is 4.79 Å². The van der Waals surface area contributed by atoms with Crippen LogP contribution in [0.25, 0.3) is 11.1 Å². The zero-order valence-corrected chi connectivity index (χ0v) is 17.5. The number of urea groups is 1. The van der Waals surface area contributed by atoms with E-state index < -0.39 is 23.8 Å². The molecule has 0 radical (unpaired) electrons. The molecule has 0 saturated carbocycles. The second-order valence-corrected chi connectivity index (χ2v) is 7.22. The minimum absolute atomic E-state index is 0.319. The predicted octanol–water partition coefficient (Wildman–Crippen LogP) is 4.16. The highest BCUT2D eigenvalue weighted by molar-refractivity contribution is 6.07. The van der Waals surface area contributed by atoms with Gasteiger partial charge in [0.2, 0.25) is 0 Å². The number of methoxy groups -OCH3 is 1. The number of aromatic nitrogens is 1. The summed E-state index contributed by atoms with van der Waals surface area (Å²) in [5.41, 5.74) is 3.60. The first-order valence-corrected chi connectivity index (χ1v) is 9.90. The maximum atomic E-state index is 13.2. The van der Waals surface area contributed by atoms with Gasteiger partial charge in [0.05, 0.1) is 18.7 Å². The second kappa shape index (κ2) is 8.89. The van der Waals surface area contributed by atoms with Gasteiger partial charge in [0.1, 0.15) is 11.6 Å². The van der Waals surface area contributed by atoms with Gasteiger partial charge in [0, 0.05) is 29.3 Å². The average Bonchev–Trinajstić information content (AvgIpc) is 2.80. The zero-order valence-electron chi connectivity index (χ0n) is 17.5. The summed E-state index contributed by atoms with van der Waals surface area (Å²) in [6.45, 7) is 1.66. The Hall–Kier alpha value is -4.20. The van der Waals surface area contributed by atoms with E-state index in [1.807, 2.05) is 24.3 Å². The van der Waals surface area contributed by atoms with Gasteiger partial charge in [-0.2, -0.15) is 0 Å². The van der Waals surface area contributed by atoms with E-state index in [4.69, 9.17) is 4.74 Å². The lowest BCUT2D eigenvalue weighted by molar-refractivity contribution is -0.113. The standard InChI is InChI=1S/C24H21FN4O3/c1-14-21(23(30)28-18-6-4-17(25)5-7-18)22(29-24(31)27-14)19-13-16(3-8-20(19)32-2)15-9-11-26-12-10-15/h3-13,22H,1-2H3,(H,28,30)(H2,27,29,31). The Labute approximate surface area is 184 Å². The Morgan fingerprint density at radius 1 is 1.06 bits per heavy atom. The first-order valence-electron chi connectivity index (χ1n) is 9.90. The van der Waals surface area contributed by atoms with Crippen LogP contribution in [0.1, 0.15) is 18.5 Å². The third-order valence-corrected chi connectivity index (χ3v) is 5.17. The van der Waals surface area contributed by atoms with Crippen molar-refractivity contribution < 1.29 is 18.7 Å². The van der Waals surface area contributed by atoms with Crippen molar-refractivity contribution in [3.8, 4) is 16.9 Å². The number of hydrogen-bond acceptors (Lipinski definition) is 4. The molecule has 32 heavy (non-hydrogen) atoms. The van der Waals surface area contributed by atoms with Crippen LogP contribution in [0, 0.1) is 5.82 Å². The molecule has 162 valence electrons. The number of halogens is 1. The van der Waals surface area contributed by atoms with Crippen molar-refractivity contribution in [2.45, 2.75) is 13.0 Å². The molecule has 2 heterocycles. The number of benzene rings is 2. The van der Waals surface area contributed by atoms with E-state index in [2.05, 4.69) is 20.9 Å². The van der Waals surface area contributed by atoms with Gasteiger partial charge in [-0.1, -0.05) is 6.07 Å². The topological polar surface area (TPSA) is 92.3 Å². The number of amides is 3. The Bertz CT molecular complexity index is 1190. The summed E-state index contributed by atoms with van der Waals surface area (Å²) in [4.78, 5) is 29.5. The van der Waals surface area contributed by atoms with Gasteiger partial charge in [-0.25, -0.2) is 9.18 Å². The maximum Gasteiger partial charge on any atom is 0.319 e. The third-order valence-electron chi connectivity index (χ3n) is 5.17. The largest absolute Gasteiger partial charge is 0.496 e. The summed E-state index contributed by atoms with van der Waals surface area (Å²) in [5, 5.41) is 8.23. The molecule has 3 N–H and O–H groups in total. The quantitative estimate of drug-likeness (QED) is 0.564. The first-order chi connectivity index (χ1) is 15.5. The van der Waals surface area contributed by atoms with Gasteiger partial charge in [-0.15, -0.1) is 0 Å². The van der Waals surface area contributed by atoms with Gasteiger partial charge in [-0.05, 0) is 66.6 Å². The fraction of sp³-hybridized carbons (Fsp3) is 0.125. The SMILES string of the molecule is COc1ccc(-c2ccncc2)cc1C1NC(=O)NC(C)=C1C(=O)Nc1ccc(F)cc1. The number of ether oxygens (including phenoxy) is 1. The van der Waals surface area contributed by atoms with E-state index in [0.29, 0.717) is 28.3 Å². The number of nitrogens with zero attached hydrogens (tertiary/aromatic N) is 1. The van der Waals surface area contributed by atoms with Crippen molar-refractivity contribution in [1.29, 1.82) is 0 Å². The molecule has 1 aliphatic heterocycles. The average molecular weight is 432 g/mol. The highest BCUT2D eigenvalue weighted by Gasteiger charge is 2.33. The normalized spacial score (nSPS) is 15.6. The Morgan fingerprint density at radius 3 is 2.47 bits per heavy atom. The Kier molecular flexibility index (Phi) is 5.85. The molecule has 2 aromatic carbocycles. The van der Waals surface area contributed by atoms with Crippen molar-refractivity contribution in [3.63, 3.8) is 0 Å². The molecule has 4 rings (SSSR count). The molecule has 3 aromatic rings. The zero-order chi connectivity index (χ0) is 22.7. The van der Waals surface area contributed by atoms with Gasteiger partial charge >= 0.3 is 6.03 Å². The molecule has 1 aromatic heterocycles. The second-order valence-electron chi connectivity index (χ2n) is 7.22. The number of allylic oxidation sites excluding steroid dienone is 1. The van der Waals surface area contributed by atoms with E-state index in [-0.39, 0.29) is 0 Å². The summed E-state index contributed by atoms with van der Waals surface area (Å²) in [5.74, 6) is -0.307. The smallest absolute Gasteiger partial charge is 0.319 e. The summed E-state index contributed by atoms with van der Waals surface area (Å²) in [6, 6.07) is 13.6. The van der Waals surface area contributed by atoms with E-state index in [1.54, 1.807) is 25.4 Å². The fourth-order valence-corrected chi connectivity index (χ4v) is 3.64. The number of anilines is 1. The van der Waals surface area contributed by atoms with Crippen molar-refractivity contribution >= 4 is 17.6 Å². The molecule has 0 saturated heterocycles. The van der Waals surface area contributed by atoms with Crippen LogP contribution in [0.15, 0.2) is 78.3 Å². The maximum absolute atomic E-state index is 13.2. The predicted molar refractivity (Wildman–Crippen MR) is 118 cm³/mol. The molecular formula is C24H21FN4O3. The Morgan fingerprint density at radius 2 is 1.78 bits per heavy atom. The summed E-state index contributed by atoms with van der Waals surface area (Å²) < 4.78 is 18.8. The van der Waals surface area contributed by atoms with E-state index in [0.717, 1.165) is 11.1 Å². The number of rotatable bonds is 5. The van der Waals surface area contributed by atoms with Gasteiger partial charge < -0.3 is 20.7 Å². The van der Waals surface area contributed by atoms with Gasteiger partial charge in [0.15, 0.2) is 0 Å². The van der Waals surface area contributed by atoms with E-state index >= 15 is 0 Å². The molecular weight excluding hydrogens is 411 g/mol. The Balaban J connectivity index is 1.76. The summed E-state index contributed by atoms with van der Waals surface area (Å²) in [6.07, 6.45) is 3.38. The highest BCUT2D eigenvalue weighted by Crippen LogP contribution is 2.36. The van der Waals surface area contributed by atoms with E-state index in [9.17, 15) is 14.0 Å². The number of nitrogens with one attached hydrogen (secondary N) is 3. The lowest BCUT2D eigenvalue weighted by atomic mass is 9.91. The highest BCUT2D eigenvalue weighted by atomic mass is 19.1. The van der Waals surface area contributed by atoms with Crippen LogP contribution in [0.5, 0.6) is 5.75 Å². The van der Waals surface area contributed by atoms with Crippen molar-refractivity contribution in [1.82, 2.24) is 15.6 Å². The number of carbonyl (C=O) groups excluding carboxylic acids is 2. The number of pyridine rings is 1. The monoisotopic (exact) mass is 432 g/mol. The minimum atomic E-state index is -0.763. The lowest BCUT2D eigenvalue weighted by Crippen LogP contribution is -2.46. The van der Waals surface area contributed by atoms with Crippen LogP contribution < -0.4 is 20.7 Å². The molecule has 0 spiro atoms. The number of hydrogen-bond donors (Lipinski definition) is 3. The van der Waals surface area contributed by atoms with Crippen molar-refractivity contribution in [3.05, 3.63) is 89.6 Å². The molecule has 0 aliphatic carbocycles. The molecule has 1 unspecified atom stereocenters. The lowest BCUT2D eigenvalue weighted by Gasteiger charge is -2.30. The number of carbonyl (C=O) groups is 2. The molecule has 0 bridgehead atoms.